The summed E-state index contributed by atoms with van der Waals surface area (Å²) in [4.78, 5) is 16.1. The fourth-order valence-corrected chi connectivity index (χ4v) is 1.94. The predicted molar refractivity (Wildman–Crippen MR) is 72.8 cm³/mol. The Kier molecular flexibility index (Phi) is 5.39. The first-order valence-corrected chi connectivity index (χ1v) is 6.79. The third-order valence-corrected chi connectivity index (χ3v) is 3.12. The number of hydrogen-bond donors (Lipinski definition) is 2. The molecule has 0 bridgehead atoms. The van der Waals surface area contributed by atoms with Crippen molar-refractivity contribution in [3.8, 4) is 0 Å². The minimum atomic E-state index is -0.109. The molecule has 0 aromatic carbocycles. The average Bonchev–Trinajstić information content (AvgIpc) is 2.98. The molecule has 2 heterocycles. The topological polar surface area (TPSA) is 79.8 Å². The van der Waals surface area contributed by atoms with E-state index in [0.29, 0.717) is 11.4 Å². The molecule has 2 aromatic rings. The molecule has 6 nitrogen and oxygen atoms in total. The Hall–Kier alpha value is -1.86. The van der Waals surface area contributed by atoms with E-state index in [9.17, 15) is 4.79 Å². The largest absolute Gasteiger partial charge is 0.351 e. The van der Waals surface area contributed by atoms with E-state index in [4.69, 9.17) is 0 Å². The molecule has 0 saturated carbocycles. The van der Waals surface area contributed by atoms with Crippen molar-refractivity contribution in [2.45, 2.75) is 13.0 Å². The lowest BCUT2D eigenvalue weighted by Crippen LogP contribution is -2.26. The summed E-state index contributed by atoms with van der Waals surface area (Å²) in [5.41, 5.74) is 1.15. The summed E-state index contributed by atoms with van der Waals surface area (Å²) in [6.45, 7) is 2.27. The first-order valence-electron chi connectivity index (χ1n) is 6.01. The van der Waals surface area contributed by atoms with Crippen LogP contribution < -0.4 is 10.6 Å². The van der Waals surface area contributed by atoms with Crippen molar-refractivity contribution in [1.82, 2.24) is 25.2 Å². The average molecular weight is 277 g/mol. The molecular weight excluding hydrogens is 262 g/mol. The number of carbonyl (C=O) groups is 1. The van der Waals surface area contributed by atoms with Gasteiger partial charge in [0.15, 0.2) is 0 Å². The molecule has 7 heteroatoms. The summed E-state index contributed by atoms with van der Waals surface area (Å²) in [6.07, 6.45) is 5.94. The van der Waals surface area contributed by atoms with E-state index >= 15 is 0 Å². The molecule has 0 atom stereocenters. The monoisotopic (exact) mass is 277 g/mol. The van der Waals surface area contributed by atoms with E-state index in [2.05, 4.69) is 25.2 Å². The molecule has 19 heavy (non-hydrogen) atoms. The molecule has 0 aliphatic carbocycles. The van der Waals surface area contributed by atoms with Gasteiger partial charge in [-0.2, -0.15) is 0 Å². The molecule has 0 aliphatic rings. The Morgan fingerprint density at radius 2 is 2.26 bits per heavy atom. The first kappa shape index (κ1) is 13.6. The molecule has 0 fully saturated rings. The maximum Gasteiger partial charge on any atom is 0.264 e. The van der Waals surface area contributed by atoms with Crippen LogP contribution in [0.1, 0.15) is 21.7 Å². The zero-order chi connectivity index (χ0) is 13.3. The molecule has 0 saturated heterocycles. The van der Waals surface area contributed by atoms with Gasteiger partial charge in [-0.15, -0.1) is 5.10 Å². The van der Waals surface area contributed by atoms with Crippen molar-refractivity contribution < 1.29 is 4.79 Å². The van der Waals surface area contributed by atoms with Crippen molar-refractivity contribution in [2.24, 2.45) is 0 Å². The summed E-state index contributed by atoms with van der Waals surface area (Å²) >= 11 is 1.10. The van der Waals surface area contributed by atoms with Gasteiger partial charge in [0.05, 0.1) is 6.20 Å². The van der Waals surface area contributed by atoms with Gasteiger partial charge >= 0.3 is 0 Å². The molecule has 0 unspecified atom stereocenters. The van der Waals surface area contributed by atoms with E-state index in [1.54, 1.807) is 6.20 Å². The molecule has 0 spiro atoms. The number of rotatable bonds is 7. The fraction of sp³-hybridized carbons (Fsp3) is 0.333. The van der Waals surface area contributed by atoms with Crippen LogP contribution in [0.2, 0.25) is 0 Å². The Balaban J connectivity index is 1.54. The zero-order valence-corrected chi connectivity index (χ0v) is 11.2. The van der Waals surface area contributed by atoms with Gasteiger partial charge < -0.3 is 10.6 Å². The van der Waals surface area contributed by atoms with Gasteiger partial charge in [0.25, 0.3) is 5.91 Å². The third-order valence-electron chi connectivity index (χ3n) is 2.45. The second-order valence-electron chi connectivity index (χ2n) is 3.93. The van der Waals surface area contributed by atoms with Gasteiger partial charge in [-0.1, -0.05) is 10.6 Å². The number of aromatic nitrogens is 3. The highest BCUT2D eigenvalue weighted by Crippen LogP contribution is 2.00. The number of hydrogen-bond acceptors (Lipinski definition) is 6. The van der Waals surface area contributed by atoms with Crippen LogP contribution in [0.15, 0.2) is 30.7 Å². The lowest BCUT2D eigenvalue weighted by atomic mass is 10.3. The lowest BCUT2D eigenvalue weighted by Gasteiger charge is -2.05. The van der Waals surface area contributed by atoms with Crippen molar-refractivity contribution in [1.29, 1.82) is 0 Å². The Morgan fingerprint density at radius 3 is 3.00 bits per heavy atom. The quantitative estimate of drug-likeness (QED) is 0.733. The van der Waals surface area contributed by atoms with Gasteiger partial charge in [0.2, 0.25) is 0 Å². The van der Waals surface area contributed by atoms with Crippen LogP contribution in [0.5, 0.6) is 0 Å². The second kappa shape index (κ2) is 7.55. The summed E-state index contributed by atoms with van der Waals surface area (Å²) in [5.74, 6) is -0.109. The van der Waals surface area contributed by atoms with E-state index < -0.39 is 0 Å². The number of nitrogens with zero attached hydrogens (tertiary/aromatic N) is 3. The SMILES string of the molecule is O=C(NCCCNCc1cccnc1)c1cnns1. The summed E-state index contributed by atoms with van der Waals surface area (Å²) in [7, 11) is 0. The van der Waals surface area contributed by atoms with Crippen LogP contribution in [0.25, 0.3) is 0 Å². The van der Waals surface area contributed by atoms with Crippen LogP contribution in [0.3, 0.4) is 0 Å². The molecule has 0 aliphatic heterocycles. The van der Waals surface area contributed by atoms with Gasteiger partial charge in [-0.3, -0.25) is 9.78 Å². The second-order valence-corrected chi connectivity index (χ2v) is 4.71. The standard InChI is InChI=1S/C12H15N5OS/c18-12(11-9-16-17-19-11)15-6-2-5-14-8-10-3-1-4-13-7-10/h1,3-4,7,9,14H,2,5-6,8H2,(H,15,18). The van der Waals surface area contributed by atoms with Crippen LogP contribution in [0, 0.1) is 0 Å². The highest BCUT2D eigenvalue weighted by molar-refractivity contribution is 7.07. The molecular formula is C12H15N5OS. The lowest BCUT2D eigenvalue weighted by molar-refractivity contribution is 0.0957. The molecule has 1 amide bonds. The van der Waals surface area contributed by atoms with Crippen LogP contribution in [-0.4, -0.2) is 33.6 Å². The van der Waals surface area contributed by atoms with Gasteiger partial charge in [-0.05, 0) is 36.1 Å². The van der Waals surface area contributed by atoms with Crippen LogP contribution in [0.4, 0.5) is 0 Å². The molecule has 2 aromatic heterocycles. The number of amides is 1. The summed E-state index contributed by atoms with van der Waals surface area (Å²) in [5, 5.41) is 9.74. The molecule has 2 rings (SSSR count). The fourth-order valence-electron chi connectivity index (χ4n) is 1.51. The minimum Gasteiger partial charge on any atom is -0.351 e. The Bertz CT molecular complexity index is 488. The highest BCUT2D eigenvalue weighted by atomic mass is 32.1. The third kappa shape index (κ3) is 4.72. The maximum atomic E-state index is 11.6. The van der Waals surface area contributed by atoms with Gasteiger partial charge in [0.1, 0.15) is 4.88 Å². The van der Waals surface area contributed by atoms with E-state index in [0.717, 1.165) is 36.6 Å². The normalized spacial score (nSPS) is 10.3. The van der Waals surface area contributed by atoms with E-state index in [1.807, 2.05) is 18.3 Å². The summed E-state index contributed by atoms with van der Waals surface area (Å²) in [6, 6.07) is 3.94. The van der Waals surface area contributed by atoms with E-state index in [1.165, 1.54) is 6.20 Å². The number of nitrogens with one attached hydrogen (secondary N) is 2. The van der Waals surface area contributed by atoms with Gasteiger partial charge in [0, 0.05) is 25.5 Å². The highest BCUT2D eigenvalue weighted by Gasteiger charge is 2.06. The Labute approximate surface area is 115 Å². The number of pyridine rings is 1. The smallest absolute Gasteiger partial charge is 0.264 e. The first-order chi connectivity index (χ1) is 9.36. The zero-order valence-electron chi connectivity index (χ0n) is 10.4. The number of carbonyl (C=O) groups excluding carboxylic acids is 1. The summed E-state index contributed by atoms with van der Waals surface area (Å²) < 4.78 is 3.65. The van der Waals surface area contributed by atoms with Crippen molar-refractivity contribution in [2.75, 3.05) is 13.1 Å². The van der Waals surface area contributed by atoms with E-state index in [-0.39, 0.29) is 5.91 Å². The maximum absolute atomic E-state index is 11.6. The molecule has 2 N–H and O–H groups in total. The van der Waals surface area contributed by atoms with Crippen molar-refractivity contribution in [3.63, 3.8) is 0 Å². The minimum absolute atomic E-state index is 0.109. The van der Waals surface area contributed by atoms with Gasteiger partial charge in [-0.25, -0.2) is 0 Å². The van der Waals surface area contributed by atoms with Crippen LogP contribution in [-0.2, 0) is 6.54 Å². The van der Waals surface area contributed by atoms with Crippen LogP contribution >= 0.6 is 11.5 Å². The molecule has 100 valence electrons. The predicted octanol–water partition coefficient (Wildman–Crippen LogP) is 0.843. The van der Waals surface area contributed by atoms with Crippen molar-refractivity contribution >= 4 is 17.4 Å². The Morgan fingerprint density at radius 1 is 1.32 bits per heavy atom. The van der Waals surface area contributed by atoms with Crippen molar-refractivity contribution in [3.05, 3.63) is 41.2 Å². The molecule has 0 radical (unpaired) electrons.